The Bertz CT molecular complexity index is 1350. The highest BCUT2D eigenvalue weighted by Crippen LogP contribution is 2.39. The highest BCUT2D eigenvalue weighted by molar-refractivity contribution is 7.85. The predicted molar refractivity (Wildman–Crippen MR) is 170 cm³/mol. The van der Waals surface area contributed by atoms with Crippen LogP contribution in [0.25, 0.3) is 33.1 Å². The molecule has 1 atom stereocenters. The molecule has 0 saturated carbocycles. The Morgan fingerprint density at radius 1 is 1.00 bits per heavy atom. The second kappa shape index (κ2) is 18.4. The molecule has 220 valence electrons. The third-order valence-electron chi connectivity index (χ3n) is 5.62. The summed E-state index contributed by atoms with van der Waals surface area (Å²) in [5.74, 6) is 1.41. The molecule has 1 unspecified atom stereocenters. The molecule has 0 spiro atoms. The zero-order chi connectivity index (χ0) is 29.5. The zero-order valence-electron chi connectivity index (χ0n) is 24.1. The van der Waals surface area contributed by atoms with Gasteiger partial charge in [-0.2, -0.15) is 0 Å². The average Bonchev–Trinajstić information content (AvgIpc) is 3.33. The van der Waals surface area contributed by atoms with Crippen LogP contribution in [0, 0.1) is 0 Å². The summed E-state index contributed by atoms with van der Waals surface area (Å²) in [6.07, 6.45) is 7.04. The van der Waals surface area contributed by atoms with Crippen LogP contribution in [0.4, 0.5) is 0 Å². The summed E-state index contributed by atoms with van der Waals surface area (Å²) in [7, 11) is -3.11. The minimum Gasteiger partial charge on any atom is -0.491 e. The van der Waals surface area contributed by atoms with Crippen molar-refractivity contribution in [2.24, 2.45) is 0 Å². The molecular formula is C30H42ClN2O5PS. The van der Waals surface area contributed by atoms with E-state index in [4.69, 9.17) is 26.1 Å². The molecule has 0 radical (unpaired) electrons. The minimum atomic E-state index is -2.11. The second-order valence-electron chi connectivity index (χ2n) is 9.05. The van der Waals surface area contributed by atoms with Gasteiger partial charge in [0.1, 0.15) is 11.4 Å². The topological polar surface area (TPSA) is 105 Å². The highest BCUT2D eigenvalue weighted by atomic mass is 35.5. The molecule has 4 aromatic rings. The Hall–Kier alpha value is -2.06. The number of halogens is 1. The maximum absolute atomic E-state index is 12.4. The van der Waals surface area contributed by atoms with Gasteiger partial charge < -0.3 is 24.0 Å². The lowest BCUT2D eigenvalue weighted by Gasteiger charge is -2.11. The summed E-state index contributed by atoms with van der Waals surface area (Å²) < 4.78 is 22.8. The van der Waals surface area contributed by atoms with E-state index in [2.05, 4.69) is 41.3 Å². The van der Waals surface area contributed by atoms with Gasteiger partial charge in [-0.3, -0.25) is 4.21 Å². The number of pyridine rings is 1. The molecule has 0 bridgehead atoms. The van der Waals surface area contributed by atoms with Crippen molar-refractivity contribution in [3.05, 3.63) is 53.7 Å². The van der Waals surface area contributed by atoms with Gasteiger partial charge in [0.15, 0.2) is 0 Å². The largest absolute Gasteiger partial charge is 0.491 e. The maximum Gasteiger partial charge on any atom is 0.327 e. The number of nitrogens with zero attached hydrogens (tertiary/aromatic N) is 1. The SMILES string of the molecule is CCC.CCCCCOc1ccc(-c2cccc(S(=O)CC)c2)c2c1[nH]c1ncc(Cl)cc12.CCCOP(O)O. The number of benzene rings is 2. The van der Waals surface area contributed by atoms with Crippen LogP contribution < -0.4 is 4.74 Å². The van der Waals surface area contributed by atoms with Crippen molar-refractivity contribution in [1.29, 1.82) is 0 Å². The molecule has 3 N–H and O–H groups in total. The van der Waals surface area contributed by atoms with Crippen LogP contribution >= 0.6 is 20.2 Å². The number of rotatable bonds is 11. The number of hydrogen-bond donors (Lipinski definition) is 3. The van der Waals surface area contributed by atoms with Crippen molar-refractivity contribution < 1.29 is 23.3 Å². The van der Waals surface area contributed by atoms with Crippen molar-refractivity contribution in [2.75, 3.05) is 19.0 Å². The van der Waals surface area contributed by atoms with Crippen LogP contribution in [0.5, 0.6) is 5.75 Å². The van der Waals surface area contributed by atoms with E-state index in [1.54, 1.807) is 6.20 Å². The summed E-state index contributed by atoms with van der Waals surface area (Å²) in [6.45, 7) is 11.4. The summed E-state index contributed by atoms with van der Waals surface area (Å²) in [5.41, 5.74) is 3.73. The number of H-pyrrole nitrogens is 1. The molecule has 0 aliphatic carbocycles. The molecule has 0 aliphatic rings. The first-order chi connectivity index (χ1) is 19.3. The number of ether oxygens (including phenoxy) is 1. The number of unbranched alkanes of at least 4 members (excludes halogenated alkanes) is 2. The van der Waals surface area contributed by atoms with Gasteiger partial charge in [0, 0.05) is 27.6 Å². The van der Waals surface area contributed by atoms with Gasteiger partial charge in [0.2, 0.25) is 0 Å². The maximum atomic E-state index is 12.4. The van der Waals surface area contributed by atoms with Gasteiger partial charge in [-0.15, -0.1) is 0 Å². The van der Waals surface area contributed by atoms with E-state index >= 15 is 0 Å². The lowest BCUT2D eigenvalue weighted by molar-refractivity contribution is 0.255. The van der Waals surface area contributed by atoms with Crippen LogP contribution in [0.3, 0.4) is 0 Å². The fourth-order valence-electron chi connectivity index (χ4n) is 3.88. The van der Waals surface area contributed by atoms with E-state index in [0.29, 0.717) is 24.0 Å². The fourth-order valence-corrected chi connectivity index (χ4v) is 5.20. The van der Waals surface area contributed by atoms with Crippen LogP contribution in [0.2, 0.25) is 5.02 Å². The Labute approximate surface area is 246 Å². The minimum absolute atomic E-state index is 0.429. The van der Waals surface area contributed by atoms with Gasteiger partial charge in [-0.1, -0.05) is 77.6 Å². The molecular weight excluding hydrogens is 567 g/mol. The van der Waals surface area contributed by atoms with Crippen molar-refractivity contribution in [1.82, 2.24) is 9.97 Å². The lowest BCUT2D eigenvalue weighted by Crippen LogP contribution is -1.98. The van der Waals surface area contributed by atoms with Gasteiger partial charge in [-0.25, -0.2) is 4.98 Å². The summed E-state index contributed by atoms with van der Waals surface area (Å²) >= 11 is 6.27. The van der Waals surface area contributed by atoms with Crippen molar-refractivity contribution in [2.45, 2.75) is 71.6 Å². The number of nitrogens with one attached hydrogen (secondary N) is 1. The van der Waals surface area contributed by atoms with Gasteiger partial charge in [0.25, 0.3) is 0 Å². The fraction of sp³-hybridized carbons (Fsp3) is 0.433. The van der Waals surface area contributed by atoms with Crippen molar-refractivity contribution in [3.8, 4) is 16.9 Å². The van der Waals surface area contributed by atoms with Crippen LogP contribution in [0.1, 0.15) is 66.7 Å². The molecule has 0 amide bonds. The Balaban J connectivity index is 0.000000483. The summed E-state index contributed by atoms with van der Waals surface area (Å²) in [5, 5.41) is 2.56. The zero-order valence-corrected chi connectivity index (χ0v) is 26.5. The molecule has 0 fully saturated rings. The molecule has 0 aliphatic heterocycles. The first-order valence-corrected chi connectivity index (χ1v) is 16.7. The molecule has 2 aromatic carbocycles. The van der Waals surface area contributed by atoms with Crippen LogP contribution in [-0.2, 0) is 15.3 Å². The smallest absolute Gasteiger partial charge is 0.327 e. The van der Waals surface area contributed by atoms with E-state index in [0.717, 1.165) is 69.4 Å². The average molecular weight is 609 g/mol. The quantitative estimate of drug-likeness (QED) is 0.116. The number of aromatic amines is 1. The third kappa shape index (κ3) is 10.1. The Kier molecular flexibility index (Phi) is 15.7. The first-order valence-electron chi connectivity index (χ1n) is 13.8. The molecule has 7 nitrogen and oxygen atoms in total. The standard InChI is InChI=1S/C24H25ClN2O2S.C3H9O3P.C3H8/c1-3-5-6-12-29-21-11-10-19(16-8-7-9-18(13-16)30(28)4-2)22-20-14-17(25)15-26-24(20)27-23(21)22;1-2-3-6-7(4)5;1-3-2/h7-11,13-15H,3-6,12H2,1-2H3,(H,26,27);4-5H,2-3H2,1H3;3H2,1-2H3. The van der Waals surface area contributed by atoms with Crippen molar-refractivity contribution >= 4 is 52.9 Å². The lowest BCUT2D eigenvalue weighted by atomic mass is 9.99. The van der Waals surface area contributed by atoms with E-state index < -0.39 is 19.4 Å². The molecule has 2 heterocycles. The van der Waals surface area contributed by atoms with Gasteiger partial charge in [-0.05, 0) is 54.3 Å². The highest BCUT2D eigenvalue weighted by Gasteiger charge is 2.16. The van der Waals surface area contributed by atoms with Crippen LogP contribution in [-0.4, -0.2) is 42.9 Å². The van der Waals surface area contributed by atoms with Gasteiger partial charge >= 0.3 is 8.60 Å². The summed E-state index contributed by atoms with van der Waals surface area (Å²) in [6, 6.07) is 13.9. The number of hydrogen-bond acceptors (Lipinski definition) is 6. The molecule has 0 saturated heterocycles. The van der Waals surface area contributed by atoms with E-state index in [1.807, 2.05) is 50.2 Å². The normalized spacial score (nSPS) is 11.6. The molecule has 10 heteroatoms. The number of fused-ring (bicyclic) bond motifs is 3. The third-order valence-corrected chi connectivity index (χ3v) is 7.54. The second-order valence-corrected chi connectivity index (χ2v) is 12.0. The van der Waals surface area contributed by atoms with Gasteiger partial charge in [0.05, 0.1) is 34.6 Å². The summed E-state index contributed by atoms with van der Waals surface area (Å²) in [4.78, 5) is 24.9. The predicted octanol–water partition coefficient (Wildman–Crippen LogP) is 8.77. The number of aromatic nitrogens is 2. The monoisotopic (exact) mass is 608 g/mol. The molecule has 40 heavy (non-hydrogen) atoms. The Morgan fingerprint density at radius 3 is 2.38 bits per heavy atom. The Morgan fingerprint density at radius 2 is 1.75 bits per heavy atom. The van der Waals surface area contributed by atoms with Crippen molar-refractivity contribution in [3.63, 3.8) is 0 Å². The van der Waals surface area contributed by atoms with E-state index in [-0.39, 0.29) is 0 Å². The first kappa shape index (κ1) is 34.1. The van der Waals surface area contributed by atoms with Crippen LogP contribution in [0.15, 0.2) is 53.6 Å². The van der Waals surface area contributed by atoms with E-state index in [1.165, 1.54) is 6.42 Å². The molecule has 2 aromatic heterocycles. The van der Waals surface area contributed by atoms with E-state index in [9.17, 15) is 4.21 Å². The molecule has 4 rings (SSSR count).